The molecule has 0 saturated heterocycles. The molecule has 2 atom stereocenters. The van der Waals surface area contributed by atoms with E-state index in [4.69, 9.17) is 4.74 Å². The van der Waals surface area contributed by atoms with Gasteiger partial charge in [-0.3, -0.25) is 34.1 Å². The summed E-state index contributed by atoms with van der Waals surface area (Å²) < 4.78 is 31.3. The number of carbonyl (C=O) groups excluding carboxylic acids is 4. The third kappa shape index (κ3) is 9.13. The van der Waals surface area contributed by atoms with Gasteiger partial charge < -0.3 is 10.1 Å². The van der Waals surface area contributed by atoms with Gasteiger partial charge in [-0.25, -0.2) is 8.42 Å². The smallest absolute Gasteiger partial charge is 0.323 e. The number of hydrogen-bond acceptors (Lipinski definition) is 8. The second-order valence-corrected chi connectivity index (χ2v) is 14.8. The molecule has 0 saturated carbocycles. The fourth-order valence-corrected chi connectivity index (χ4v) is 5.87. The van der Waals surface area contributed by atoms with Gasteiger partial charge in [0.25, 0.3) is 11.8 Å². The van der Waals surface area contributed by atoms with Crippen molar-refractivity contribution < 1.29 is 32.3 Å². The fraction of sp³-hybridized carbons (Fsp3) is 0.412. The van der Waals surface area contributed by atoms with Crippen LogP contribution in [0.4, 0.5) is 5.69 Å². The van der Waals surface area contributed by atoms with Gasteiger partial charge in [-0.2, -0.15) is 0 Å². The maximum atomic E-state index is 13.5. The Morgan fingerprint density at radius 3 is 2.04 bits per heavy atom. The van der Waals surface area contributed by atoms with Gasteiger partial charge >= 0.3 is 5.97 Å². The zero-order chi connectivity index (χ0) is 33.8. The second-order valence-electron chi connectivity index (χ2n) is 13.0. The van der Waals surface area contributed by atoms with Crippen molar-refractivity contribution in [3.05, 3.63) is 77.4 Å². The van der Waals surface area contributed by atoms with Crippen molar-refractivity contribution in [3.63, 3.8) is 0 Å². The first-order valence-corrected chi connectivity index (χ1v) is 17.1. The molecule has 0 radical (unpaired) electrons. The number of nitrogens with one attached hydrogen (secondary N) is 3. The van der Waals surface area contributed by atoms with Crippen LogP contribution in [0.3, 0.4) is 0 Å². The van der Waals surface area contributed by atoms with Crippen LogP contribution in [0.25, 0.3) is 10.8 Å². The summed E-state index contributed by atoms with van der Waals surface area (Å²) in [4.78, 5) is 54.7. The Morgan fingerprint density at radius 2 is 1.50 bits per heavy atom. The van der Waals surface area contributed by atoms with Crippen molar-refractivity contribution >= 4 is 50.2 Å². The van der Waals surface area contributed by atoms with Crippen LogP contribution in [-0.2, 0) is 30.9 Å². The molecule has 3 aromatic rings. The quantitative estimate of drug-likeness (QED) is 0.184. The van der Waals surface area contributed by atoms with Crippen LogP contribution in [-0.4, -0.2) is 67.5 Å². The summed E-state index contributed by atoms with van der Waals surface area (Å²) in [5.41, 5.74) is 0.870. The highest BCUT2D eigenvalue weighted by Crippen LogP contribution is 2.28. The lowest BCUT2D eigenvalue weighted by Gasteiger charge is -2.29. The normalized spacial score (nSPS) is 14.7. The van der Waals surface area contributed by atoms with E-state index in [1.807, 2.05) is 38.1 Å². The van der Waals surface area contributed by atoms with Crippen molar-refractivity contribution in [1.29, 1.82) is 0 Å². The van der Waals surface area contributed by atoms with E-state index in [9.17, 15) is 27.6 Å². The SMILES string of the molecule is CC(C)C[C@H](N[C@H](CCN1C(=O)c2cc3ccccc3cc2C1=O)C(=O)OC(C)(C)C)C(=O)NCc1cccc(NS(C)(=O)=O)c1. The van der Waals surface area contributed by atoms with Crippen LogP contribution in [0.15, 0.2) is 60.7 Å². The molecule has 1 heterocycles. The molecule has 0 spiro atoms. The number of anilines is 1. The minimum atomic E-state index is -3.47. The lowest BCUT2D eigenvalue weighted by Crippen LogP contribution is -2.53. The minimum Gasteiger partial charge on any atom is -0.459 e. The lowest BCUT2D eigenvalue weighted by molar-refractivity contribution is -0.158. The monoisotopic (exact) mass is 650 g/mol. The fourth-order valence-electron chi connectivity index (χ4n) is 5.32. The number of imide groups is 1. The van der Waals surface area contributed by atoms with Crippen LogP contribution in [0.5, 0.6) is 0 Å². The molecule has 46 heavy (non-hydrogen) atoms. The molecule has 0 fully saturated rings. The van der Waals surface area contributed by atoms with Crippen LogP contribution >= 0.6 is 0 Å². The molecule has 0 aromatic heterocycles. The molecule has 11 nitrogen and oxygen atoms in total. The molecule has 3 N–H and O–H groups in total. The summed E-state index contributed by atoms with van der Waals surface area (Å²) in [6, 6.07) is 15.8. The van der Waals surface area contributed by atoms with Crippen molar-refractivity contribution in [3.8, 4) is 0 Å². The Labute approximate surface area is 270 Å². The molecule has 4 rings (SSSR count). The molecule has 12 heteroatoms. The number of carbonyl (C=O) groups is 4. The van der Waals surface area contributed by atoms with Crippen LogP contribution in [0.2, 0.25) is 0 Å². The molecule has 0 unspecified atom stereocenters. The molecule has 1 aliphatic heterocycles. The van der Waals surface area contributed by atoms with Gasteiger partial charge in [0.2, 0.25) is 15.9 Å². The third-order valence-electron chi connectivity index (χ3n) is 7.29. The van der Waals surface area contributed by atoms with E-state index in [2.05, 4.69) is 15.4 Å². The van der Waals surface area contributed by atoms with Gasteiger partial charge in [0.1, 0.15) is 11.6 Å². The maximum absolute atomic E-state index is 13.5. The van der Waals surface area contributed by atoms with E-state index in [1.165, 1.54) is 0 Å². The summed E-state index contributed by atoms with van der Waals surface area (Å²) in [6.07, 6.45) is 1.47. The molecule has 246 valence electrons. The molecular formula is C34H42N4O7S. The number of nitrogens with zero attached hydrogens (tertiary/aromatic N) is 1. The summed E-state index contributed by atoms with van der Waals surface area (Å²) in [7, 11) is -3.47. The topological polar surface area (TPSA) is 151 Å². The van der Waals surface area contributed by atoms with Gasteiger partial charge in [0.15, 0.2) is 0 Å². The van der Waals surface area contributed by atoms with Gasteiger partial charge in [0, 0.05) is 18.8 Å². The Hall–Kier alpha value is -4.29. The molecule has 0 bridgehead atoms. The minimum absolute atomic E-state index is 0.0288. The summed E-state index contributed by atoms with van der Waals surface area (Å²) in [6.45, 7) is 9.18. The number of rotatable bonds is 13. The lowest BCUT2D eigenvalue weighted by atomic mass is 10.0. The largest absolute Gasteiger partial charge is 0.459 e. The highest BCUT2D eigenvalue weighted by Gasteiger charge is 2.38. The molecule has 3 amide bonds. The number of esters is 1. The van der Waals surface area contributed by atoms with Gasteiger partial charge in [-0.15, -0.1) is 0 Å². The summed E-state index contributed by atoms with van der Waals surface area (Å²) in [5, 5.41) is 7.73. The first-order chi connectivity index (χ1) is 21.5. The van der Waals surface area contributed by atoms with Crippen molar-refractivity contribution in [2.24, 2.45) is 5.92 Å². The number of ether oxygens (including phenoxy) is 1. The van der Waals surface area contributed by atoms with E-state index in [0.29, 0.717) is 28.8 Å². The van der Waals surface area contributed by atoms with Gasteiger partial charge in [-0.05, 0) is 80.1 Å². The number of amides is 3. The number of hydrogen-bond donors (Lipinski definition) is 3. The van der Waals surface area contributed by atoms with Gasteiger partial charge in [-0.1, -0.05) is 50.2 Å². The maximum Gasteiger partial charge on any atom is 0.323 e. The Balaban J connectivity index is 1.50. The summed E-state index contributed by atoms with van der Waals surface area (Å²) >= 11 is 0. The van der Waals surface area contributed by atoms with E-state index in [1.54, 1.807) is 57.2 Å². The molecule has 1 aliphatic rings. The first-order valence-electron chi connectivity index (χ1n) is 15.2. The molecular weight excluding hydrogens is 608 g/mol. The Bertz CT molecular complexity index is 1690. The van der Waals surface area contributed by atoms with Crippen LogP contribution < -0.4 is 15.4 Å². The molecule has 0 aliphatic carbocycles. The van der Waals surface area contributed by atoms with E-state index in [-0.39, 0.29) is 31.3 Å². The van der Waals surface area contributed by atoms with E-state index in [0.717, 1.165) is 21.9 Å². The number of fused-ring (bicyclic) bond motifs is 2. The summed E-state index contributed by atoms with van der Waals surface area (Å²) in [5.74, 6) is -1.75. The second kappa shape index (κ2) is 14.0. The van der Waals surface area contributed by atoms with Crippen molar-refractivity contribution in [2.75, 3.05) is 17.5 Å². The first kappa shape index (κ1) is 34.6. The standard InChI is InChI=1S/C34H42N4O7S/c1-21(2)16-29(30(39)35-20-22-10-9-13-25(17-22)37-46(6,43)44)36-28(33(42)45-34(3,4)5)14-15-38-31(40)26-18-23-11-7-8-12-24(23)19-27(26)32(38)41/h7-13,17-19,21,28-29,36-37H,14-16,20H2,1-6H3,(H,35,39)/t28-,29+/m1/s1. The predicted molar refractivity (Wildman–Crippen MR) is 177 cm³/mol. The number of benzene rings is 3. The van der Waals surface area contributed by atoms with Crippen LogP contribution in [0.1, 0.15) is 73.7 Å². The van der Waals surface area contributed by atoms with Crippen molar-refractivity contribution in [2.45, 2.75) is 71.7 Å². The van der Waals surface area contributed by atoms with Crippen molar-refractivity contribution in [1.82, 2.24) is 15.5 Å². The highest BCUT2D eigenvalue weighted by molar-refractivity contribution is 7.92. The van der Waals surface area contributed by atoms with E-state index < -0.39 is 45.5 Å². The molecule has 3 aromatic carbocycles. The van der Waals surface area contributed by atoms with Gasteiger partial charge in [0.05, 0.1) is 23.4 Å². The highest BCUT2D eigenvalue weighted by atomic mass is 32.2. The average molecular weight is 651 g/mol. The Kier molecular flexibility index (Phi) is 10.5. The Morgan fingerprint density at radius 1 is 0.891 bits per heavy atom. The number of sulfonamides is 1. The average Bonchev–Trinajstić information content (AvgIpc) is 3.18. The zero-order valence-electron chi connectivity index (χ0n) is 27.0. The third-order valence-corrected chi connectivity index (χ3v) is 7.90. The predicted octanol–water partition coefficient (Wildman–Crippen LogP) is 4.23. The zero-order valence-corrected chi connectivity index (χ0v) is 27.9. The van der Waals surface area contributed by atoms with Crippen LogP contribution in [0, 0.1) is 5.92 Å². The van der Waals surface area contributed by atoms with E-state index >= 15 is 0 Å².